The first-order valence-corrected chi connectivity index (χ1v) is 11.6. The third kappa shape index (κ3) is 4.21. The van der Waals surface area contributed by atoms with Crippen molar-refractivity contribution in [2.75, 3.05) is 19.0 Å². The lowest BCUT2D eigenvalue weighted by molar-refractivity contribution is -0.149. The van der Waals surface area contributed by atoms with E-state index >= 15 is 0 Å². The lowest BCUT2D eigenvalue weighted by Crippen LogP contribution is -2.58. The zero-order chi connectivity index (χ0) is 21.5. The van der Waals surface area contributed by atoms with Gasteiger partial charge < -0.3 is 15.5 Å². The molecule has 0 aromatic heterocycles. The first-order chi connectivity index (χ1) is 14.3. The van der Waals surface area contributed by atoms with Crippen molar-refractivity contribution in [2.45, 2.75) is 65.0 Å². The van der Waals surface area contributed by atoms with E-state index in [0.29, 0.717) is 6.54 Å². The molecule has 30 heavy (non-hydrogen) atoms. The Kier molecular flexibility index (Phi) is 5.82. The molecule has 4 bridgehead atoms. The van der Waals surface area contributed by atoms with E-state index < -0.39 is 6.04 Å². The SMILES string of the molecule is CC(C)[C@H](NC(=O)C12CC3CC(CC(C3)C1)C2)C(=O)NCc1ccc(N(C)C)cc1. The van der Waals surface area contributed by atoms with E-state index in [1.165, 1.54) is 19.3 Å². The quantitative estimate of drug-likeness (QED) is 0.719. The molecule has 5 nitrogen and oxygen atoms in total. The lowest BCUT2D eigenvalue weighted by Gasteiger charge is -2.55. The summed E-state index contributed by atoms with van der Waals surface area (Å²) in [4.78, 5) is 28.4. The van der Waals surface area contributed by atoms with Crippen LogP contribution in [0.25, 0.3) is 0 Å². The fourth-order valence-electron chi connectivity index (χ4n) is 6.43. The number of nitrogens with one attached hydrogen (secondary N) is 2. The Morgan fingerprint density at radius 3 is 2.00 bits per heavy atom. The van der Waals surface area contributed by atoms with Crippen molar-refractivity contribution in [1.82, 2.24) is 10.6 Å². The highest BCUT2D eigenvalue weighted by molar-refractivity contribution is 5.90. The number of benzene rings is 1. The summed E-state index contributed by atoms with van der Waals surface area (Å²) in [5.74, 6) is 2.26. The number of carbonyl (C=O) groups is 2. The molecule has 4 aliphatic rings. The van der Waals surface area contributed by atoms with Gasteiger partial charge in [-0.05, 0) is 79.9 Å². The van der Waals surface area contributed by atoms with Gasteiger partial charge in [0, 0.05) is 31.7 Å². The average molecular weight is 412 g/mol. The number of anilines is 1. The number of hydrogen-bond donors (Lipinski definition) is 2. The summed E-state index contributed by atoms with van der Waals surface area (Å²) in [6.45, 7) is 4.50. The van der Waals surface area contributed by atoms with Crippen molar-refractivity contribution < 1.29 is 9.59 Å². The number of nitrogens with zero attached hydrogens (tertiary/aromatic N) is 1. The smallest absolute Gasteiger partial charge is 0.243 e. The third-order valence-electron chi connectivity index (χ3n) is 7.68. The molecule has 5 heteroatoms. The predicted molar refractivity (Wildman–Crippen MR) is 120 cm³/mol. The van der Waals surface area contributed by atoms with Crippen molar-refractivity contribution in [3.63, 3.8) is 0 Å². The van der Waals surface area contributed by atoms with E-state index in [9.17, 15) is 9.59 Å². The van der Waals surface area contributed by atoms with Gasteiger partial charge in [-0.15, -0.1) is 0 Å². The topological polar surface area (TPSA) is 61.4 Å². The van der Waals surface area contributed by atoms with Crippen molar-refractivity contribution in [2.24, 2.45) is 29.1 Å². The van der Waals surface area contributed by atoms with Crippen LogP contribution in [0, 0.1) is 29.1 Å². The molecule has 1 atom stereocenters. The van der Waals surface area contributed by atoms with E-state index in [2.05, 4.69) is 27.7 Å². The third-order valence-corrected chi connectivity index (χ3v) is 7.68. The summed E-state index contributed by atoms with van der Waals surface area (Å²) in [5, 5.41) is 6.22. The van der Waals surface area contributed by atoms with Crippen LogP contribution in [0.5, 0.6) is 0 Å². The minimum atomic E-state index is -0.480. The second-order valence-electron chi connectivity index (χ2n) is 10.7. The van der Waals surface area contributed by atoms with Crippen molar-refractivity contribution >= 4 is 17.5 Å². The molecule has 0 unspecified atom stereocenters. The summed E-state index contributed by atoms with van der Waals surface area (Å²) >= 11 is 0. The number of hydrogen-bond acceptors (Lipinski definition) is 3. The van der Waals surface area contributed by atoms with Gasteiger partial charge in [0.1, 0.15) is 6.04 Å². The maximum absolute atomic E-state index is 13.4. The lowest BCUT2D eigenvalue weighted by atomic mass is 9.49. The largest absolute Gasteiger partial charge is 0.378 e. The van der Waals surface area contributed by atoms with Gasteiger partial charge in [0.05, 0.1) is 0 Å². The first kappa shape index (κ1) is 21.2. The van der Waals surface area contributed by atoms with E-state index in [4.69, 9.17) is 0 Å². The Morgan fingerprint density at radius 2 is 1.53 bits per heavy atom. The molecule has 2 N–H and O–H groups in total. The van der Waals surface area contributed by atoms with Crippen molar-refractivity contribution in [3.05, 3.63) is 29.8 Å². The van der Waals surface area contributed by atoms with Crippen molar-refractivity contribution in [3.8, 4) is 0 Å². The minimum absolute atomic E-state index is 0.0546. The van der Waals surface area contributed by atoms with Gasteiger partial charge in [0.15, 0.2) is 0 Å². The number of carbonyl (C=O) groups excluding carboxylic acids is 2. The standard InChI is InChI=1S/C25H37N3O2/c1-16(2)22(23(29)26-15-17-5-7-21(8-6-17)28(3)4)27-24(30)25-12-18-9-19(13-25)11-20(10-18)14-25/h5-8,16,18-20,22H,9-15H2,1-4H3,(H,26,29)(H,27,30)/t18?,19?,20?,22-,25?/m0/s1. The summed E-state index contributed by atoms with van der Waals surface area (Å²) in [6.07, 6.45) is 7.01. The Labute approximate surface area is 181 Å². The molecule has 164 valence electrons. The Morgan fingerprint density at radius 1 is 1.00 bits per heavy atom. The van der Waals surface area contributed by atoms with Gasteiger partial charge >= 0.3 is 0 Å². The molecular formula is C25H37N3O2. The highest BCUT2D eigenvalue weighted by Crippen LogP contribution is 2.60. The molecule has 4 fully saturated rings. The normalized spacial score (nSPS) is 30.2. The van der Waals surface area contributed by atoms with E-state index in [1.54, 1.807) is 0 Å². The van der Waals surface area contributed by atoms with E-state index in [1.807, 2.05) is 40.1 Å². The summed E-state index contributed by atoms with van der Waals surface area (Å²) in [5.41, 5.74) is 1.97. The van der Waals surface area contributed by atoms with Crippen LogP contribution in [0.15, 0.2) is 24.3 Å². The fourth-order valence-corrected chi connectivity index (χ4v) is 6.43. The van der Waals surface area contributed by atoms with Gasteiger partial charge in [-0.2, -0.15) is 0 Å². The van der Waals surface area contributed by atoms with E-state index in [0.717, 1.165) is 48.3 Å². The van der Waals surface area contributed by atoms with Gasteiger partial charge in [-0.3, -0.25) is 9.59 Å². The summed E-state index contributed by atoms with van der Waals surface area (Å²) < 4.78 is 0. The highest BCUT2D eigenvalue weighted by Gasteiger charge is 2.55. The maximum atomic E-state index is 13.4. The van der Waals surface area contributed by atoms with Gasteiger partial charge in [0.2, 0.25) is 11.8 Å². The van der Waals surface area contributed by atoms with Crippen LogP contribution in [0.2, 0.25) is 0 Å². The molecule has 1 aromatic rings. The second-order valence-corrected chi connectivity index (χ2v) is 10.7. The molecule has 0 heterocycles. The summed E-state index contributed by atoms with van der Waals surface area (Å²) in [6, 6.07) is 7.70. The molecule has 0 saturated heterocycles. The molecule has 1 aromatic carbocycles. The van der Waals surface area contributed by atoms with Crippen molar-refractivity contribution in [1.29, 1.82) is 0 Å². The molecule has 5 rings (SSSR count). The molecule has 4 saturated carbocycles. The number of amides is 2. The zero-order valence-electron chi connectivity index (χ0n) is 18.9. The Balaban J connectivity index is 1.37. The van der Waals surface area contributed by atoms with Gasteiger partial charge in [0.25, 0.3) is 0 Å². The second kappa shape index (κ2) is 8.24. The van der Waals surface area contributed by atoms with Gasteiger partial charge in [-0.25, -0.2) is 0 Å². The fraction of sp³-hybridized carbons (Fsp3) is 0.680. The van der Waals surface area contributed by atoms with Crippen LogP contribution in [0.3, 0.4) is 0 Å². The van der Waals surface area contributed by atoms with Crippen LogP contribution in [0.4, 0.5) is 5.69 Å². The highest BCUT2D eigenvalue weighted by atomic mass is 16.2. The monoisotopic (exact) mass is 411 g/mol. The molecule has 2 amide bonds. The zero-order valence-corrected chi connectivity index (χ0v) is 18.9. The first-order valence-electron chi connectivity index (χ1n) is 11.6. The minimum Gasteiger partial charge on any atom is -0.378 e. The maximum Gasteiger partial charge on any atom is 0.243 e. The van der Waals surface area contributed by atoms with Crippen LogP contribution < -0.4 is 15.5 Å². The van der Waals surface area contributed by atoms with E-state index in [-0.39, 0.29) is 23.1 Å². The molecular weight excluding hydrogens is 374 g/mol. The predicted octanol–water partition coefficient (Wildman–Crippen LogP) is 3.73. The summed E-state index contributed by atoms with van der Waals surface area (Å²) in [7, 11) is 4.02. The van der Waals surface area contributed by atoms with Gasteiger partial charge in [-0.1, -0.05) is 26.0 Å². The Bertz CT molecular complexity index is 749. The molecule has 0 radical (unpaired) electrons. The van der Waals surface area contributed by atoms with Crippen LogP contribution in [-0.2, 0) is 16.1 Å². The van der Waals surface area contributed by atoms with Crippen LogP contribution >= 0.6 is 0 Å². The average Bonchev–Trinajstić information content (AvgIpc) is 2.69. The molecule has 0 aliphatic heterocycles. The number of rotatable bonds is 7. The molecule has 4 aliphatic carbocycles. The Hall–Kier alpha value is -2.04. The van der Waals surface area contributed by atoms with Crippen LogP contribution in [-0.4, -0.2) is 32.0 Å². The van der Waals surface area contributed by atoms with Crippen LogP contribution in [0.1, 0.15) is 57.9 Å². The molecule has 0 spiro atoms.